The average molecular weight is 553 g/mol. The zero-order valence-electron chi connectivity index (χ0n) is 24.0. The molecule has 2 spiro atoms. The van der Waals surface area contributed by atoms with Gasteiger partial charge in [0.1, 0.15) is 12.3 Å². The van der Waals surface area contributed by atoms with E-state index in [-0.39, 0.29) is 41.1 Å². The van der Waals surface area contributed by atoms with Gasteiger partial charge in [0.2, 0.25) is 0 Å². The fourth-order valence-corrected chi connectivity index (χ4v) is 8.55. The summed E-state index contributed by atoms with van der Waals surface area (Å²) in [7, 11) is 0. The number of benzene rings is 1. The smallest absolute Gasteiger partial charge is 0.413 e. The molecule has 4 unspecified atom stereocenters. The molecule has 2 aliphatic heterocycles. The third kappa shape index (κ3) is 4.91. The van der Waals surface area contributed by atoms with Gasteiger partial charge >= 0.3 is 6.09 Å². The number of Topliss-reactive ketones (excluding diaryl/α,β-unsaturated/α-hetero) is 1. The lowest BCUT2D eigenvalue weighted by Gasteiger charge is -2.56. The second kappa shape index (κ2) is 11.5. The summed E-state index contributed by atoms with van der Waals surface area (Å²) in [6, 6.07) is 3.95. The lowest BCUT2D eigenvalue weighted by Crippen LogP contribution is -2.64. The van der Waals surface area contributed by atoms with Crippen molar-refractivity contribution in [3.63, 3.8) is 0 Å². The first-order chi connectivity index (χ1) is 19.3. The average Bonchev–Trinajstić information content (AvgIpc) is 3.09. The number of nitrogens with zero attached hydrogens (tertiary/aromatic N) is 2. The monoisotopic (exact) mass is 552 g/mol. The van der Waals surface area contributed by atoms with Gasteiger partial charge in [0.05, 0.1) is 0 Å². The Morgan fingerprint density at radius 1 is 1.18 bits per heavy atom. The highest BCUT2D eigenvalue weighted by molar-refractivity contribution is 5.84. The number of amides is 2. The number of hydrogen-bond donors (Lipinski definition) is 3. The van der Waals surface area contributed by atoms with Crippen molar-refractivity contribution >= 4 is 17.8 Å². The van der Waals surface area contributed by atoms with Gasteiger partial charge in [-0.3, -0.25) is 19.9 Å². The lowest BCUT2D eigenvalue weighted by molar-refractivity contribution is -0.125. The van der Waals surface area contributed by atoms with E-state index < -0.39 is 11.5 Å². The van der Waals surface area contributed by atoms with E-state index in [4.69, 9.17) is 4.74 Å². The first kappa shape index (κ1) is 28.6. The number of hydrogen-bond acceptors (Lipinski definition) is 7. The van der Waals surface area contributed by atoms with Crippen LogP contribution in [0.25, 0.3) is 0 Å². The Bertz CT molecular complexity index is 1160. The van der Waals surface area contributed by atoms with Gasteiger partial charge < -0.3 is 15.2 Å². The molecule has 0 radical (unpaired) electrons. The van der Waals surface area contributed by atoms with E-state index in [2.05, 4.69) is 22.2 Å². The summed E-state index contributed by atoms with van der Waals surface area (Å²) in [6.07, 6.45) is 9.08. The fourth-order valence-electron chi connectivity index (χ4n) is 8.55. The van der Waals surface area contributed by atoms with E-state index in [1.807, 2.05) is 31.0 Å². The van der Waals surface area contributed by atoms with E-state index in [9.17, 15) is 19.5 Å². The van der Waals surface area contributed by atoms with Gasteiger partial charge in [0, 0.05) is 61.5 Å². The van der Waals surface area contributed by atoms with Crippen LogP contribution in [-0.2, 0) is 21.4 Å². The molecule has 2 saturated carbocycles. The molecule has 4 atom stereocenters. The molecule has 3 aliphatic carbocycles. The van der Waals surface area contributed by atoms with Crippen LogP contribution in [0.2, 0.25) is 0 Å². The third-order valence-electron chi connectivity index (χ3n) is 9.66. The molecule has 5 aliphatic rings. The maximum atomic E-state index is 12.8. The predicted molar refractivity (Wildman–Crippen MR) is 152 cm³/mol. The van der Waals surface area contributed by atoms with E-state index in [1.54, 1.807) is 6.07 Å². The molecule has 6 rings (SSSR count). The quantitative estimate of drug-likeness (QED) is 0.460. The molecule has 4 fully saturated rings. The number of phenolic OH excluding ortho intramolecular Hbond substituents is 1. The van der Waals surface area contributed by atoms with Crippen molar-refractivity contribution < 1.29 is 24.2 Å². The molecule has 2 saturated heterocycles. The van der Waals surface area contributed by atoms with Gasteiger partial charge in [0.25, 0.3) is 5.91 Å². The van der Waals surface area contributed by atoms with Crippen LogP contribution < -0.4 is 15.5 Å². The summed E-state index contributed by atoms with van der Waals surface area (Å²) in [6.45, 7) is 11.1. The minimum absolute atomic E-state index is 0.0437. The zero-order valence-corrected chi connectivity index (χ0v) is 24.0. The van der Waals surface area contributed by atoms with Gasteiger partial charge in [-0.2, -0.15) is 0 Å². The van der Waals surface area contributed by atoms with Gasteiger partial charge in [-0.15, -0.1) is 6.58 Å². The Balaban J connectivity index is 0.00000158. The molecular formula is C31H44N4O5. The van der Waals surface area contributed by atoms with E-state index in [0.29, 0.717) is 18.9 Å². The first-order valence-corrected chi connectivity index (χ1v) is 15.1. The topological polar surface area (TPSA) is 111 Å². The van der Waals surface area contributed by atoms with Crippen molar-refractivity contribution in [3.05, 3.63) is 35.9 Å². The predicted octanol–water partition coefficient (Wildman–Crippen LogP) is 3.84. The standard InChI is InChI=1S/C29H38N4O5.C2H6/c1-2-11-32-18-28-14-19-7-10-22(38-27(37)30-16-23(35)31-33-12-5-3-4-6-13-33)25(36)24(19)29(17-28)15-20(34)8-9-21(29)26(28)32;1-2/h2,7,10,21,26,36H,1,3-6,8-9,11-18H2,(H,30,37)(H,31,35);1-2H3. The molecule has 9 nitrogen and oxygen atoms in total. The third-order valence-corrected chi connectivity index (χ3v) is 9.66. The SMILES string of the molecule is C=CCN1CC23Cc4ccc(OC(=O)NCC(=O)NN5CCCCCC5)c(O)c4C4(CC(=O)CCC4C12)C3.CC. The summed E-state index contributed by atoms with van der Waals surface area (Å²) in [5.41, 5.74) is 4.38. The Kier molecular flexibility index (Phi) is 8.25. The highest BCUT2D eigenvalue weighted by atomic mass is 16.6. The van der Waals surface area contributed by atoms with Crippen LogP contribution in [0.5, 0.6) is 11.5 Å². The van der Waals surface area contributed by atoms with Crippen molar-refractivity contribution in [1.82, 2.24) is 20.7 Å². The Morgan fingerprint density at radius 3 is 2.65 bits per heavy atom. The summed E-state index contributed by atoms with van der Waals surface area (Å²) in [5.74, 6) is 0.223. The van der Waals surface area contributed by atoms with Crippen LogP contribution in [0.4, 0.5) is 4.79 Å². The zero-order chi connectivity index (χ0) is 28.5. The van der Waals surface area contributed by atoms with Gasteiger partial charge in [-0.25, -0.2) is 9.80 Å². The maximum Gasteiger partial charge on any atom is 0.413 e. The molecular weight excluding hydrogens is 508 g/mol. The van der Waals surface area contributed by atoms with Gasteiger partial charge in [-0.1, -0.05) is 38.8 Å². The number of phenols is 1. The lowest BCUT2D eigenvalue weighted by atomic mass is 9.59. The van der Waals surface area contributed by atoms with E-state index in [0.717, 1.165) is 82.3 Å². The number of ether oxygens (including phenoxy) is 1. The molecule has 1 aromatic carbocycles. The summed E-state index contributed by atoms with van der Waals surface area (Å²) in [4.78, 5) is 40.2. The van der Waals surface area contributed by atoms with Crippen molar-refractivity contribution in [2.45, 2.75) is 83.1 Å². The minimum atomic E-state index is -0.795. The summed E-state index contributed by atoms with van der Waals surface area (Å²) < 4.78 is 5.51. The van der Waals surface area contributed by atoms with Crippen molar-refractivity contribution in [2.75, 3.05) is 32.7 Å². The fraction of sp³-hybridized carbons (Fsp3) is 0.645. The second-order valence-corrected chi connectivity index (χ2v) is 12.0. The van der Waals surface area contributed by atoms with Crippen molar-refractivity contribution in [1.29, 1.82) is 0 Å². The van der Waals surface area contributed by atoms with Crippen LogP contribution in [0.15, 0.2) is 24.8 Å². The molecule has 218 valence electrons. The molecule has 2 amide bonds. The Morgan fingerprint density at radius 2 is 1.93 bits per heavy atom. The molecule has 3 N–H and O–H groups in total. The highest BCUT2D eigenvalue weighted by Crippen LogP contribution is 2.71. The number of aromatic hydroxyl groups is 1. The number of nitrogens with one attached hydrogen (secondary N) is 2. The summed E-state index contributed by atoms with van der Waals surface area (Å²) in [5, 5.41) is 15.9. The Labute approximate surface area is 237 Å². The molecule has 1 aromatic rings. The maximum absolute atomic E-state index is 12.8. The van der Waals surface area contributed by atoms with Crippen LogP contribution in [0.1, 0.15) is 76.3 Å². The number of hydrazine groups is 1. The normalized spacial score (nSPS) is 30.7. The number of likely N-dealkylation sites (tertiary alicyclic amines) is 1. The number of rotatable bonds is 6. The van der Waals surface area contributed by atoms with Crippen LogP contribution >= 0.6 is 0 Å². The number of carbonyl (C=O) groups is 3. The van der Waals surface area contributed by atoms with Crippen LogP contribution in [0, 0.1) is 11.3 Å². The van der Waals surface area contributed by atoms with Crippen LogP contribution in [-0.4, -0.2) is 71.6 Å². The van der Waals surface area contributed by atoms with Crippen LogP contribution in [0.3, 0.4) is 0 Å². The summed E-state index contributed by atoms with van der Waals surface area (Å²) >= 11 is 0. The Hall–Kier alpha value is -2.91. The highest BCUT2D eigenvalue weighted by Gasteiger charge is 2.71. The van der Waals surface area contributed by atoms with Crippen molar-refractivity contribution in [2.24, 2.45) is 11.3 Å². The number of ketones is 1. The molecule has 2 heterocycles. The first-order valence-electron chi connectivity index (χ1n) is 15.1. The molecule has 0 aromatic heterocycles. The van der Waals surface area contributed by atoms with Gasteiger partial charge in [-0.05, 0) is 49.7 Å². The molecule has 9 heteroatoms. The van der Waals surface area contributed by atoms with Gasteiger partial charge in [0.15, 0.2) is 11.5 Å². The van der Waals surface area contributed by atoms with E-state index in [1.165, 1.54) is 0 Å². The second-order valence-electron chi connectivity index (χ2n) is 12.0. The van der Waals surface area contributed by atoms with E-state index >= 15 is 0 Å². The minimum Gasteiger partial charge on any atom is -0.504 e. The number of carbonyl (C=O) groups excluding carboxylic acids is 3. The number of fused-ring (bicyclic) bond motifs is 2. The molecule has 2 bridgehead atoms. The van der Waals surface area contributed by atoms with Crippen molar-refractivity contribution in [3.8, 4) is 11.5 Å². The molecule has 40 heavy (non-hydrogen) atoms. The largest absolute Gasteiger partial charge is 0.504 e.